The van der Waals surface area contributed by atoms with E-state index in [1.807, 2.05) is 44.2 Å². The van der Waals surface area contributed by atoms with Crippen molar-refractivity contribution in [3.05, 3.63) is 59.4 Å². The van der Waals surface area contributed by atoms with Crippen LogP contribution in [0.25, 0.3) is 11.0 Å². The Hall–Kier alpha value is -2.62. The summed E-state index contributed by atoms with van der Waals surface area (Å²) in [4.78, 5) is 19.4. The number of nitrogens with one attached hydrogen (secondary N) is 2. The molecule has 21 heavy (non-hydrogen) atoms. The molecule has 1 heterocycles. The average molecular weight is 279 g/mol. The van der Waals surface area contributed by atoms with E-state index < -0.39 is 0 Å². The molecule has 0 atom stereocenters. The minimum absolute atomic E-state index is 0.0131. The fourth-order valence-electron chi connectivity index (χ4n) is 2.43. The number of carbonyl (C=O) groups excluding carboxylic acids is 1. The third-order valence-corrected chi connectivity index (χ3v) is 3.51. The van der Waals surface area contributed by atoms with Gasteiger partial charge in [-0.2, -0.15) is 0 Å². The zero-order chi connectivity index (χ0) is 14.8. The van der Waals surface area contributed by atoms with Crippen molar-refractivity contribution in [2.75, 3.05) is 5.32 Å². The van der Waals surface area contributed by atoms with Crippen molar-refractivity contribution in [3.8, 4) is 0 Å². The van der Waals surface area contributed by atoms with Gasteiger partial charge in [0.1, 0.15) is 0 Å². The second-order valence-electron chi connectivity index (χ2n) is 5.30. The first-order valence-electron chi connectivity index (χ1n) is 6.91. The second-order valence-corrected chi connectivity index (χ2v) is 5.30. The molecule has 0 bridgehead atoms. The van der Waals surface area contributed by atoms with Gasteiger partial charge in [0, 0.05) is 5.69 Å². The second kappa shape index (κ2) is 5.40. The molecule has 0 fully saturated rings. The lowest BCUT2D eigenvalue weighted by Crippen LogP contribution is -2.15. The van der Waals surface area contributed by atoms with Crippen LogP contribution in [0.5, 0.6) is 0 Å². The number of amides is 1. The van der Waals surface area contributed by atoms with Crippen molar-refractivity contribution >= 4 is 22.6 Å². The number of aromatic amines is 1. The summed E-state index contributed by atoms with van der Waals surface area (Å²) in [6.45, 7) is 4.04. The number of carbonyl (C=O) groups is 1. The van der Waals surface area contributed by atoms with E-state index >= 15 is 0 Å². The van der Waals surface area contributed by atoms with E-state index in [-0.39, 0.29) is 5.91 Å². The molecule has 0 spiro atoms. The number of imidazole rings is 1. The molecular formula is C17H17N3O. The Balaban J connectivity index is 1.73. The van der Waals surface area contributed by atoms with Crippen molar-refractivity contribution in [2.24, 2.45) is 0 Å². The zero-order valence-corrected chi connectivity index (χ0v) is 12.1. The zero-order valence-electron chi connectivity index (χ0n) is 12.1. The third-order valence-electron chi connectivity index (χ3n) is 3.51. The van der Waals surface area contributed by atoms with Gasteiger partial charge >= 0.3 is 0 Å². The van der Waals surface area contributed by atoms with Crippen molar-refractivity contribution in [1.29, 1.82) is 0 Å². The summed E-state index contributed by atoms with van der Waals surface area (Å²) in [5.74, 6) is -0.0131. The van der Waals surface area contributed by atoms with Crippen molar-refractivity contribution < 1.29 is 4.79 Å². The number of benzene rings is 2. The van der Waals surface area contributed by atoms with Crippen LogP contribution in [0.1, 0.15) is 16.7 Å². The van der Waals surface area contributed by atoms with E-state index in [2.05, 4.69) is 21.4 Å². The molecule has 0 aliphatic rings. The predicted octanol–water partition coefficient (Wildman–Crippen LogP) is 3.36. The van der Waals surface area contributed by atoms with E-state index in [9.17, 15) is 4.79 Å². The maximum absolute atomic E-state index is 12.2. The number of anilines is 1. The Morgan fingerprint density at radius 2 is 2.05 bits per heavy atom. The fraction of sp³-hybridized carbons (Fsp3) is 0.176. The van der Waals surface area contributed by atoms with Crippen molar-refractivity contribution in [2.45, 2.75) is 20.3 Å². The summed E-state index contributed by atoms with van der Waals surface area (Å²) in [5.41, 5.74) is 5.96. The summed E-state index contributed by atoms with van der Waals surface area (Å²) in [6, 6.07) is 11.8. The first-order chi connectivity index (χ1) is 10.1. The van der Waals surface area contributed by atoms with Crippen LogP contribution in [0.2, 0.25) is 0 Å². The van der Waals surface area contributed by atoms with Gasteiger partial charge in [0.05, 0.1) is 23.8 Å². The summed E-state index contributed by atoms with van der Waals surface area (Å²) >= 11 is 0. The first-order valence-corrected chi connectivity index (χ1v) is 6.91. The van der Waals surface area contributed by atoms with Gasteiger partial charge < -0.3 is 10.3 Å². The molecule has 3 aromatic rings. The maximum atomic E-state index is 12.2. The van der Waals surface area contributed by atoms with Crippen LogP contribution >= 0.6 is 0 Å². The number of aryl methyl sites for hydroxylation is 2. The standard InChI is InChI=1S/C17H17N3O/c1-11-3-5-14(12(2)7-11)20-17(21)9-13-4-6-15-16(8-13)19-10-18-15/h3-8,10H,9H2,1-2H3,(H,18,19)(H,20,21). The van der Waals surface area contributed by atoms with Crippen molar-refractivity contribution in [1.82, 2.24) is 9.97 Å². The number of nitrogens with zero attached hydrogens (tertiary/aromatic N) is 1. The summed E-state index contributed by atoms with van der Waals surface area (Å²) in [6.07, 6.45) is 2.01. The van der Waals surface area contributed by atoms with Crippen LogP contribution in [0.4, 0.5) is 5.69 Å². The van der Waals surface area contributed by atoms with E-state index in [1.165, 1.54) is 5.56 Å². The van der Waals surface area contributed by atoms with Crippen LogP contribution in [-0.2, 0) is 11.2 Å². The van der Waals surface area contributed by atoms with E-state index in [4.69, 9.17) is 0 Å². The van der Waals surface area contributed by atoms with Gasteiger partial charge in [0.2, 0.25) is 5.91 Å². The predicted molar refractivity (Wildman–Crippen MR) is 84.3 cm³/mol. The molecule has 4 heteroatoms. The number of aromatic nitrogens is 2. The van der Waals surface area contributed by atoms with Crippen molar-refractivity contribution in [3.63, 3.8) is 0 Å². The highest BCUT2D eigenvalue weighted by Crippen LogP contribution is 2.17. The Labute approximate surface area is 123 Å². The molecule has 106 valence electrons. The summed E-state index contributed by atoms with van der Waals surface area (Å²) < 4.78 is 0. The lowest BCUT2D eigenvalue weighted by molar-refractivity contribution is -0.115. The highest BCUT2D eigenvalue weighted by atomic mass is 16.1. The smallest absolute Gasteiger partial charge is 0.228 e. The highest BCUT2D eigenvalue weighted by molar-refractivity contribution is 5.93. The average Bonchev–Trinajstić information content (AvgIpc) is 2.89. The number of rotatable bonds is 3. The van der Waals surface area contributed by atoms with Gasteiger partial charge in [-0.25, -0.2) is 4.98 Å². The third kappa shape index (κ3) is 2.94. The fourth-order valence-corrected chi connectivity index (χ4v) is 2.43. The molecule has 0 unspecified atom stereocenters. The van der Waals surface area contributed by atoms with Crippen LogP contribution in [-0.4, -0.2) is 15.9 Å². The van der Waals surface area contributed by atoms with Crippen LogP contribution in [0.15, 0.2) is 42.7 Å². The number of fused-ring (bicyclic) bond motifs is 1. The minimum atomic E-state index is -0.0131. The minimum Gasteiger partial charge on any atom is -0.345 e. The molecule has 1 aromatic heterocycles. The molecule has 0 aliphatic heterocycles. The van der Waals surface area contributed by atoms with E-state index in [1.54, 1.807) is 6.33 Å². The van der Waals surface area contributed by atoms with Gasteiger partial charge in [-0.1, -0.05) is 23.8 Å². The summed E-state index contributed by atoms with van der Waals surface area (Å²) in [5, 5.41) is 2.96. The van der Waals surface area contributed by atoms with E-state index in [0.29, 0.717) is 6.42 Å². The quantitative estimate of drug-likeness (QED) is 0.772. The molecule has 0 aliphatic carbocycles. The Morgan fingerprint density at radius 3 is 2.86 bits per heavy atom. The van der Waals surface area contributed by atoms with Gasteiger partial charge in [0.25, 0.3) is 0 Å². The lowest BCUT2D eigenvalue weighted by Gasteiger charge is -2.09. The maximum Gasteiger partial charge on any atom is 0.228 e. The largest absolute Gasteiger partial charge is 0.345 e. The first kappa shape index (κ1) is 13.4. The lowest BCUT2D eigenvalue weighted by atomic mass is 10.1. The molecule has 1 amide bonds. The number of hydrogen-bond acceptors (Lipinski definition) is 2. The van der Waals surface area contributed by atoms with Crippen LogP contribution in [0, 0.1) is 13.8 Å². The monoisotopic (exact) mass is 279 g/mol. The number of hydrogen-bond donors (Lipinski definition) is 2. The molecule has 0 saturated heterocycles. The topological polar surface area (TPSA) is 57.8 Å². The van der Waals surface area contributed by atoms with Gasteiger partial charge in [0.15, 0.2) is 0 Å². The molecule has 0 radical (unpaired) electrons. The molecule has 0 saturated carbocycles. The molecule has 4 nitrogen and oxygen atoms in total. The molecule has 2 N–H and O–H groups in total. The molecule has 2 aromatic carbocycles. The molecule has 3 rings (SSSR count). The van der Waals surface area contributed by atoms with E-state index in [0.717, 1.165) is 27.8 Å². The van der Waals surface area contributed by atoms with Gasteiger partial charge in [-0.05, 0) is 43.2 Å². The summed E-state index contributed by atoms with van der Waals surface area (Å²) in [7, 11) is 0. The molecular weight excluding hydrogens is 262 g/mol. The Kier molecular flexibility index (Phi) is 3.44. The van der Waals surface area contributed by atoms with Crippen LogP contribution < -0.4 is 5.32 Å². The Bertz CT molecular complexity index is 805. The highest BCUT2D eigenvalue weighted by Gasteiger charge is 2.07. The number of H-pyrrole nitrogens is 1. The van der Waals surface area contributed by atoms with Gasteiger partial charge in [-0.15, -0.1) is 0 Å². The Morgan fingerprint density at radius 1 is 1.19 bits per heavy atom. The normalized spacial score (nSPS) is 10.8. The van der Waals surface area contributed by atoms with Crippen LogP contribution in [0.3, 0.4) is 0 Å². The van der Waals surface area contributed by atoms with Gasteiger partial charge in [-0.3, -0.25) is 4.79 Å². The SMILES string of the molecule is Cc1ccc(NC(=O)Cc2ccc3nc[nH]c3c2)c(C)c1.